The summed E-state index contributed by atoms with van der Waals surface area (Å²) in [5, 5.41) is 3.81. The number of hydrogen-bond acceptors (Lipinski definition) is 5. The number of hydrogen-bond donors (Lipinski definition) is 2. The minimum Gasteiger partial charge on any atom is -0.454 e. The normalized spacial score (nSPS) is 12.4. The van der Waals surface area contributed by atoms with E-state index in [1.54, 1.807) is 65.6 Å². The minimum atomic E-state index is -0.336. The third-order valence-electron chi connectivity index (χ3n) is 5.83. The number of anilines is 1. The second kappa shape index (κ2) is 10.8. The van der Waals surface area contributed by atoms with Gasteiger partial charge in [-0.15, -0.1) is 0 Å². The van der Waals surface area contributed by atoms with Gasteiger partial charge in [0.1, 0.15) is 0 Å². The van der Waals surface area contributed by atoms with Gasteiger partial charge >= 0.3 is 0 Å². The molecule has 0 fully saturated rings. The van der Waals surface area contributed by atoms with E-state index in [1.165, 1.54) is 0 Å². The first-order chi connectivity index (χ1) is 17.1. The molecule has 3 N–H and O–H groups in total. The lowest BCUT2D eigenvalue weighted by atomic mass is 9.92. The molecule has 1 aliphatic rings. The number of ether oxygens (including phenoxy) is 2. The Bertz CT molecular complexity index is 1300. The van der Waals surface area contributed by atoms with Gasteiger partial charge in [-0.1, -0.05) is 43.1 Å². The van der Waals surface area contributed by atoms with E-state index in [0.717, 1.165) is 0 Å². The van der Waals surface area contributed by atoms with Crippen LogP contribution in [0, 0.1) is 5.41 Å². The molecule has 0 atom stereocenters. The van der Waals surface area contributed by atoms with E-state index in [1.807, 2.05) is 13.8 Å². The molecule has 3 aromatic carbocycles. The van der Waals surface area contributed by atoms with Gasteiger partial charge in [0, 0.05) is 39.9 Å². The third-order valence-corrected chi connectivity index (χ3v) is 6.43. The molecule has 4 rings (SSSR count). The fraction of sp³-hybridized carbons (Fsp3) is 0.259. The second-order valence-corrected chi connectivity index (χ2v) is 10.2. The van der Waals surface area contributed by atoms with E-state index >= 15 is 0 Å². The zero-order valence-corrected chi connectivity index (χ0v) is 21.5. The molecule has 0 bridgehead atoms. The van der Waals surface area contributed by atoms with E-state index in [4.69, 9.17) is 38.4 Å². The van der Waals surface area contributed by atoms with Crippen molar-refractivity contribution in [2.45, 2.75) is 20.4 Å². The average molecular weight is 528 g/mol. The Morgan fingerprint density at radius 1 is 1.00 bits per heavy atom. The highest BCUT2D eigenvalue weighted by atomic mass is 35.5. The SMILES string of the molecule is CC(C)(CN)CN(Cc1cc(NC(=O)c2cccc(Cl)c2)ccc1Cl)C(=O)c1ccc2c(c1)OCO2. The highest BCUT2D eigenvalue weighted by molar-refractivity contribution is 6.31. The number of halogens is 2. The maximum absolute atomic E-state index is 13.6. The smallest absolute Gasteiger partial charge is 0.255 e. The Kier molecular flexibility index (Phi) is 7.73. The van der Waals surface area contributed by atoms with Crippen molar-refractivity contribution in [3.63, 3.8) is 0 Å². The number of carbonyl (C=O) groups excluding carboxylic acids is 2. The number of nitrogens with one attached hydrogen (secondary N) is 1. The van der Waals surface area contributed by atoms with E-state index in [-0.39, 0.29) is 30.6 Å². The monoisotopic (exact) mass is 527 g/mol. The molecule has 188 valence electrons. The molecule has 1 heterocycles. The Hall–Kier alpha value is -3.26. The number of carbonyl (C=O) groups is 2. The second-order valence-electron chi connectivity index (χ2n) is 9.37. The summed E-state index contributed by atoms with van der Waals surface area (Å²) in [5.41, 5.74) is 7.77. The number of amides is 2. The molecule has 3 aromatic rings. The first-order valence-corrected chi connectivity index (χ1v) is 12.2. The van der Waals surface area contributed by atoms with Crippen LogP contribution in [0.5, 0.6) is 11.5 Å². The van der Waals surface area contributed by atoms with Crippen molar-refractivity contribution in [3.05, 3.63) is 87.4 Å². The largest absolute Gasteiger partial charge is 0.454 e. The van der Waals surface area contributed by atoms with Crippen LogP contribution in [0.4, 0.5) is 5.69 Å². The topological polar surface area (TPSA) is 93.9 Å². The summed E-state index contributed by atoms with van der Waals surface area (Å²) >= 11 is 12.5. The van der Waals surface area contributed by atoms with E-state index in [0.29, 0.717) is 57.0 Å². The van der Waals surface area contributed by atoms with Gasteiger partial charge in [0.05, 0.1) is 0 Å². The lowest BCUT2D eigenvalue weighted by Gasteiger charge is -2.32. The predicted octanol–water partition coefficient (Wildman–Crippen LogP) is 5.60. The fourth-order valence-corrected chi connectivity index (χ4v) is 4.17. The van der Waals surface area contributed by atoms with Gasteiger partial charge in [-0.05, 0) is 72.1 Å². The van der Waals surface area contributed by atoms with Gasteiger partial charge in [-0.2, -0.15) is 0 Å². The molecule has 2 amide bonds. The van der Waals surface area contributed by atoms with Crippen LogP contribution in [0.3, 0.4) is 0 Å². The van der Waals surface area contributed by atoms with Crippen LogP contribution in [-0.2, 0) is 6.54 Å². The Morgan fingerprint density at radius 2 is 1.78 bits per heavy atom. The van der Waals surface area contributed by atoms with Crippen LogP contribution >= 0.6 is 23.2 Å². The van der Waals surface area contributed by atoms with Crippen molar-refractivity contribution in [1.29, 1.82) is 0 Å². The van der Waals surface area contributed by atoms with Crippen LogP contribution in [0.25, 0.3) is 0 Å². The summed E-state index contributed by atoms with van der Waals surface area (Å²) in [6.45, 7) is 5.12. The van der Waals surface area contributed by atoms with E-state index in [2.05, 4.69) is 5.32 Å². The van der Waals surface area contributed by atoms with Gasteiger partial charge in [-0.3, -0.25) is 9.59 Å². The molecular weight excluding hydrogens is 501 g/mol. The summed E-state index contributed by atoms with van der Waals surface area (Å²) in [5.74, 6) is 0.636. The summed E-state index contributed by atoms with van der Waals surface area (Å²) in [6.07, 6.45) is 0. The highest BCUT2D eigenvalue weighted by Crippen LogP contribution is 2.33. The number of rotatable bonds is 8. The molecule has 0 aromatic heterocycles. The van der Waals surface area contributed by atoms with Gasteiger partial charge in [0.25, 0.3) is 11.8 Å². The number of nitrogens with zero attached hydrogens (tertiary/aromatic N) is 1. The summed E-state index contributed by atoms with van der Waals surface area (Å²) in [7, 11) is 0. The third kappa shape index (κ3) is 6.10. The van der Waals surface area contributed by atoms with Crippen molar-refractivity contribution < 1.29 is 19.1 Å². The first kappa shape index (κ1) is 25.8. The zero-order chi connectivity index (χ0) is 25.9. The quantitative estimate of drug-likeness (QED) is 0.397. The van der Waals surface area contributed by atoms with Crippen LogP contribution in [-0.4, -0.2) is 36.6 Å². The molecule has 0 spiro atoms. The Morgan fingerprint density at radius 3 is 2.53 bits per heavy atom. The van der Waals surface area contributed by atoms with Crippen molar-refractivity contribution >= 4 is 40.7 Å². The maximum atomic E-state index is 13.6. The highest BCUT2D eigenvalue weighted by Gasteiger charge is 2.27. The molecule has 36 heavy (non-hydrogen) atoms. The molecule has 0 unspecified atom stereocenters. The van der Waals surface area contributed by atoms with Crippen molar-refractivity contribution in [1.82, 2.24) is 4.90 Å². The molecule has 0 aliphatic carbocycles. The number of fused-ring (bicyclic) bond motifs is 1. The average Bonchev–Trinajstić information content (AvgIpc) is 3.33. The minimum absolute atomic E-state index is 0.125. The van der Waals surface area contributed by atoms with Crippen LogP contribution in [0.1, 0.15) is 40.1 Å². The lowest BCUT2D eigenvalue weighted by Crippen LogP contribution is -2.41. The molecule has 0 saturated heterocycles. The van der Waals surface area contributed by atoms with Crippen LogP contribution in [0.2, 0.25) is 10.0 Å². The summed E-state index contributed by atoms with van der Waals surface area (Å²) < 4.78 is 10.8. The van der Waals surface area contributed by atoms with E-state index in [9.17, 15) is 9.59 Å². The molecule has 1 aliphatic heterocycles. The zero-order valence-electron chi connectivity index (χ0n) is 20.0. The fourth-order valence-electron chi connectivity index (χ4n) is 3.81. The van der Waals surface area contributed by atoms with Gasteiger partial charge in [0.15, 0.2) is 11.5 Å². The van der Waals surface area contributed by atoms with Crippen molar-refractivity contribution in [2.24, 2.45) is 11.1 Å². The van der Waals surface area contributed by atoms with Gasteiger partial charge in [-0.25, -0.2) is 0 Å². The van der Waals surface area contributed by atoms with E-state index < -0.39 is 0 Å². The Labute approximate surface area is 220 Å². The standard InChI is InChI=1S/C27H27Cl2N3O4/c1-27(2,14-30)15-32(26(34)18-6-9-23-24(12-18)36-16-35-23)13-19-11-21(7-8-22(19)29)31-25(33)17-4-3-5-20(28)10-17/h3-12H,13-16,30H2,1-2H3,(H,31,33). The van der Waals surface area contributed by atoms with Gasteiger partial charge in [0.2, 0.25) is 6.79 Å². The first-order valence-electron chi connectivity index (χ1n) is 11.4. The van der Waals surface area contributed by atoms with Crippen molar-refractivity contribution in [2.75, 3.05) is 25.2 Å². The summed E-state index contributed by atoms with van der Waals surface area (Å²) in [6, 6.07) is 17.0. The molecule has 0 saturated carbocycles. The van der Waals surface area contributed by atoms with Crippen LogP contribution in [0.15, 0.2) is 60.7 Å². The van der Waals surface area contributed by atoms with Crippen molar-refractivity contribution in [3.8, 4) is 11.5 Å². The predicted molar refractivity (Wildman–Crippen MR) is 141 cm³/mol. The molecule has 9 heteroatoms. The van der Waals surface area contributed by atoms with Crippen LogP contribution < -0.4 is 20.5 Å². The number of benzene rings is 3. The number of nitrogens with two attached hydrogens (primary N) is 1. The molecule has 0 radical (unpaired) electrons. The lowest BCUT2D eigenvalue weighted by molar-refractivity contribution is 0.0673. The van der Waals surface area contributed by atoms with Gasteiger partial charge < -0.3 is 25.4 Å². The maximum Gasteiger partial charge on any atom is 0.255 e. The molecule has 7 nitrogen and oxygen atoms in total. The Balaban J connectivity index is 1.59. The molecular formula is C27H27Cl2N3O4. The summed E-state index contributed by atoms with van der Waals surface area (Å²) in [4.78, 5) is 28.0.